The number of Topliss-reactive ketones (excluding diaryl/α,β-unsaturated/α-hetero) is 1. The van der Waals surface area contributed by atoms with Crippen molar-refractivity contribution in [3.05, 3.63) is 45.6 Å². The van der Waals surface area contributed by atoms with Crippen molar-refractivity contribution >= 4 is 39.8 Å². The smallest absolute Gasteiger partial charge is 0.197 e. The number of halogens is 1. The average Bonchev–Trinajstić information content (AvgIpc) is 3.03. The van der Waals surface area contributed by atoms with Gasteiger partial charge in [-0.2, -0.15) is 0 Å². The summed E-state index contributed by atoms with van der Waals surface area (Å²) in [6, 6.07) is 10.6. The number of hydrogen-bond donors (Lipinski definition) is 0. The Morgan fingerprint density at radius 2 is 2.11 bits per heavy atom. The summed E-state index contributed by atoms with van der Waals surface area (Å²) >= 11 is 7.14. The van der Waals surface area contributed by atoms with E-state index in [1.54, 1.807) is 16.8 Å². The van der Waals surface area contributed by atoms with Crippen LogP contribution in [0.25, 0.3) is 11.0 Å². The van der Waals surface area contributed by atoms with Crippen LogP contribution in [0.5, 0.6) is 0 Å². The molecule has 1 unspecified atom stereocenters. The number of carbonyl (C=O) groups is 1. The van der Waals surface area contributed by atoms with Crippen LogP contribution in [-0.4, -0.2) is 20.8 Å². The average molecular weight is 292 g/mol. The topological polar surface area (TPSA) is 47.8 Å². The molecule has 0 saturated carbocycles. The minimum absolute atomic E-state index is 0.00690. The molecule has 0 N–H and O–H groups in total. The Labute approximate surface area is 118 Å². The highest BCUT2D eigenvalue weighted by molar-refractivity contribution is 7.18. The summed E-state index contributed by atoms with van der Waals surface area (Å²) in [4.78, 5) is 13.0. The second-order valence-electron chi connectivity index (χ2n) is 4.17. The van der Waals surface area contributed by atoms with E-state index in [0.717, 1.165) is 11.0 Å². The molecule has 0 aliphatic heterocycles. The Hall–Kier alpha value is -1.72. The zero-order valence-corrected chi connectivity index (χ0v) is 11.6. The van der Waals surface area contributed by atoms with Crippen LogP contribution < -0.4 is 0 Å². The Bertz CT molecular complexity index is 749. The molecule has 19 heavy (non-hydrogen) atoms. The number of ketones is 1. The minimum atomic E-state index is -0.401. The molecule has 0 aliphatic carbocycles. The van der Waals surface area contributed by atoms with Crippen molar-refractivity contribution in [3.8, 4) is 0 Å². The van der Waals surface area contributed by atoms with Crippen molar-refractivity contribution in [2.75, 3.05) is 0 Å². The highest BCUT2D eigenvalue weighted by Crippen LogP contribution is 2.26. The van der Waals surface area contributed by atoms with E-state index in [9.17, 15) is 4.79 Å². The molecule has 2 heterocycles. The van der Waals surface area contributed by atoms with Crippen LogP contribution in [0.1, 0.15) is 22.6 Å². The lowest BCUT2D eigenvalue weighted by Crippen LogP contribution is -2.17. The van der Waals surface area contributed by atoms with E-state index >= 15 is 0 Å². The van der Waals surface area contributed by atoms with Crippen LogP contribution in [0.2, 0.25) is 4.34 Å². The molecule has 0 spiro atoms. The molecule has 3 aromatic rings. The molecular weight excluding hydrogens is 282 g/mol. The number of nitrogens with zero attached hydrogens (tertiary/aromatic N) is 3. The lowest BCUT2D eigenvalue weighted by atomic mass is 10.2. The number of aromatic nitrogens is 3. The van der Waals surface area contributed by atoms with Gasteiger partial charge in [0.2, 0.25) is 0 Å². The summed E-state index contributed by atoms with van der Waals surface area (Å²) in [5.41, 5.74) is 1.64. The van der Waals surface area contributed by atoms with Crippen LogP contribution in [-0.2, 0) is 0 Å². The van der Waals surface area contributed by atoms with Crippen LogP contribution in [0.15, 0.2) is 36.4 Å². The number of fused-ring (bicyclic) bond motifs is 1. The van der Waals surface area contributed by atoms with E-state index in [1.807, 2.05) is 31.2 Å². The first-order valence-corrected chi connectivity index (χ1v) is 6.96. The summed E-state index contributed by atoms with van der Waals surface area (Å²) in [6.45, 7) is 1.82. The third-order valence-electron chi connectivity index (χ3n) is 2.94. The van der Waals surface area contributed by atoms with Gasteiger partial charge in [0, 0.05) is 0 Å². The molecule has 4 nitrogen and oxygen atoms in total. The summed E-state index contributed by atoms with van der Waals surface area (Å²) in [6.07, 6.45) is 0. The maximum atomic E-state index is 12.4. The maximum absolute atomic E-state index is 12.4. The monoisotopic (exact) mass is 291 g/mol. The van der Waals surface area contributed by atoms with Gasteiger partial charge >= 0.3 is 0 Å². The van der Waals surface area contributed by atoms with Gasteiger partial charge < -0.3 is 0 Å². The molecule has 0 aliphatic rings. The molecule has 0 bridgehead atoms. The van der Waals surface area contributed by atoms with Crippen LogP contribution in [0.4, 0.5) is 0 Å². The molecule has 96 valence electrons. The summed E-state index contributed by atoms with van der Waals surface area (Å²) in [5.74, 6) is -0.00690. The zero-order chi connectivity index (χ0) is 13.4. The Kier molecular flexibility index (Phi) is 3.08. The number of thiophene rings is 1. The minimum Gasteiger partial charge on any atom is -0.291 e. The van der Waals surface area contributed by atoms with E-state index in [-0.39, 0.29) is 5.78 Å². The predicted octanol–water partition coefficient (Wildman–Crippen LogP) is 3.59. The summed E-state index contributed by atoms with van der Waals surface area (Å²) in [7, 11) is 0. The molecule has 3 rings (SSSR count). The Morgan fingerprint density at radius 1 is 1.32 bits per heavy atom. The normalized spacial score (nSPS) is 12.7. The van der Waals surface area contributed by atoms with Gasteiger partial charge in [0.25, 0.3) is 0 Å². The fourth-order valence-electron chi connectivity index (χ4n) is 1.94. The lowest BCUT2D eigenvalue weighted by molar-refractivity contribution is 0.0933. The first-order valence-electron chi connectivity index (χ1n) is 5.76. The van der Waals surface area contributed by atoms with Crippen molar-refractivity contribution in [2.45, 2.75) is 13.0 Å². The third-order valence-corrected chi connectivity index (χ3v) is 4.19. The van der Waals surface area contributed by atoms with Gasteiger partial charge in [0.15, 0.2) is 5.78 Å². The second-order valence-corrected chi connectivity index (χ2v) is 5.88. The predicted molar refractivity (Wildman–Crippen MR) is 75.9 cm³/mol. The van der Waals surface area contributed by atoms with Crippen LogP contribution in [0, 0.1) is 0 Å². The third kappa shape index (κ3) is 2.15. The van der Waals surface area contributed by atoms with Gasteiger partial charge in [-0.1, -0.05) is 28.9 Å². The lowest BCUT2D eigenvalue weighted by Gasteiger charge is -2.09. The molecule has 0 radical (unpaired) electrons. The molecule has 6 heteroatoms. The number of para-hydroxylation sites is 1. The molecule has 1 aromatic carbocycles. The molecule has 0 amide bonds. The largest absolute Gasteiger partial charge is 0.291 e. The van der Waals surface area contributed by atoms with E-state index in [0.29, 0.717) is 9.21 Å². The number of hydrogen-bond acceptors (Lipinski definition) is 4. The Morgan fingerprint density at radius 3 is 2.84 bits per heavy atom. The highest BCUT2D eigenvalue weighted by atomic mass is 35.5. The highest BCUT2D eigenvalue weighted by Gasteiger charge is 2.21. The SMILES string of the molecule is CC(C(=O)c1ccc(Cl)s1)n1nnc2ccccc21. The van der Waals surface area contributed by atoms with E-state index in [4.69, 9.17) is 11.6 Å². The van der Waals surface area contributed by atoms with Gasteiger partial charge in [0.1, 0.15) is 11.6 Å². The second kappa shape index (κ2) is 4.75. The number of rotatable bonds is 3. The zero-order valence-electron chi connectivity index (χ0n) is 10.1. The summed E-state index contributed by atoms with van der Waals surface area (Å²) < 4.78 is 2.25. The van der Waals surface area contributed by atoms with Crippen molar-refractivity contribution < 1.29 is 4.79 Å². The maximum Gasteiger partial charge on any atom is 0.197 e. The number of benzene rings is 1. The molecule has 2 aromatic heterocycles. The molecule has 1 atom stereocenters. The fourth-order valence-corrected chi connectivity index (χ4v) is 3.00. The number of carbonyl (C=O) groups excluding carboxylic acids is 1. The van der Waals surface area contributed by atoms with Gasteiger partial charge in [0.05, 0.1) is 14.7 Å². The van der Waals surface area contributed by atoms with E-state index < -0.39 is 6.04 Å². The fraction of sp³-hybridized carbons (Fsp3) is 0.154. The van der Waals surface area contributed by atoms with Crippen molar-refractivity contribution in [2.24, 2.45) is 0 Å². The standard InChI is InChI=1S/C13H10ClN3OS/c1-8(13(18)11-6-7-12(14)19-11)17-10-5-3-2-4-9(10)15-16-17/h2-8H,1H3. The molecular formula is C13H10ClN3OS. The van der Waals surface area contributed by atoms with Gasteiger partial charge in [-0.15, -0.1) is 16.4 Å². The van der Waals surface area contributed by atoms with Crippen molar-refractivity contribution in [3.63, 3.8) is 0 Å². The van der Waals surface area contributed by atoms with Crippen molar-refractivity contribution in [1.29, 1.82) is 0 Å². The first kappa shape index (κ1) is 12.3. The van der Waals surface area contributed by atoms with Crippen molar-refractivity contribution in [1.82, 2.24) is 15.0 Å². The first-order chi connectivity index (χ1) is 9.16. The van der Waals surface area contributed by atoms with Gasteiger partial charge in [-0.25, -0.2) is 4.68 Å². The molecule has 0 saturated heterocycles. The quantitative estimate of drug-likeness (QED) is 0.693. The summed E-state index contributed by atoms with van der Waals surface area (Å²) in [5, 5.41) is 8.13. The van der Waals surface area contributed by atoms with Crippen LogP contribution >= 0.6 is 22.9 Å². The molecule has 0 fully saturated rings. The van der Waals surface area contributed by atoms with E-state index in [1.165, 1.54) is 11.3 Å². The van der Waals surface area contributed by atoms with Gasteiger partial charge in [-0.3, -0.25) is 4.79 Å². The van der Waals surface area contributed by atoms with Gasteiger partial charge in [-0.05, 0) is 31.2 Å². The van der Waals surface area contributed by atoms with Crippen LogP contribution in [0.3, 0.4) is 0 Å². The van der Waals surface area contributed by atoms with E-state index in [2.05, 4.69) is 10.3 Å². The Balaban J connectivity index is 2.00.